The molecule has 26 heavy (non-hydrogen) atoms. The second kappa shape index (κ2) is 9.28. The normalized spacial score (nSPS) is 11.5. The van der Waals surface area contributed by atoms with E-state index >= 15 is 0 Å². The number of amides is 1. The highest BCUT2D eigenvalue weighted by molar-refractivity contribution is 5.85. The van der Waals surface area contributed by atoms with E-state index in [0.717, 1.165) is 5.56 Å². The Labute approximate surface area is 149 Å². The first-order valence-electron chi connectivity index (χ1n) is 7.90. The smallest absolute Gasteiger partial charge is 0.354 e. The molecule has 2 rings (SSSR count). The quantitative estimate of drug-likeness (QED) is 0.519. The van der Waals surface area contributed by atoms with Crippen LogP contribution >= 0.6 is 0 Å². The summed E-state index contributed by atoms with van der Waals surface area (Å²) in [6, 6.07) is 11.0. The number of carbonyl (C=O) groups excluding carboxylic acids is 1. The van der Waals surface area contributed by atoms with E-state index in [1.807, 2.05) is 6.07 Å². The van der Waals surface area contributed by atoms with E-state index in [2.05, 4.69) is 15.6 Å². The fourth-order valence-corrected chi connectivity index (χ4v) is 2.27. The Morgan fingerprint density at radius 2 is 1.73 bits per heavy atom. The molecule has 1 atom stereocenters. The van der Waals surface area contributed by atoms with Crippen molar-refractivity contribution in [2.75, 3.05) is 6.54 Å². The zero-order valence-electron chi connectivity index (χ0n) is 13.9. The Hall–Kier alpha value is -3.26. The first-order chi connectivity index (χ1) is 12.5. The number of pyridine rings is 1. The molecule has 0 aliphatic heterocycles. The maximum Gasteiger partial charge on any atom is 0.354 e. The van der Waals surface area contributed by atoms with Gasteiger partial charge in [-0.2, -0.15) is 0 Å². The van der Waals surface area contributed by atoms with E-state index < -0.39 is 23.9 Å². The van der Waals surface area contributed by atoms with Crippen molar-refractivity contribution in [1.82, 2.24) is 15.6 Å². The van der Waals surface area contributed by atoms with Crippen LogP contribution < -0.4 is 10.6 Å². The fourth-order valence-electron chi connectivity index (χ4n) is 2.27. The molecule has 0 saturated carbocycles. The standard InChI is InChI=1S/C18H19N3O5/c22-16(11-19-9-13-6-7-14(17(23)24)20-10-13)21-15(18(25)26)8-12-4-2-1-3-5-12/h1-7,10,15,19H,8-9,11H2,(H,21,22)(H,23,24)(H,25,26)/t15-/m0/s1. The monoisotopic (exact) mass is 357 g/mol. The molecule has 0 bridgehead atoms. The predicted molar refractivity (Wildman–Crippen MR) is 92.6 cm³/mol. The van der Waals surface area contributed by atoms with Gasteiger partial charge in [-0.15, -0.1) is 0 Å². The van der Waals surface area contributed by atoms with Crippen molar-refractivity contribution < 1.29 is 24.6 Å². The third-order valence-corrected chi connectivity index (χ3v) is 3.57. The highest BCUT2D eigenvalue weighted by Crippen LogP contribution is 2.04. The van der Waals surface area contributed by atoms with Crippen LogP contribution in [0, 0.1) is 0 Å². The molecule has 1 heterocycles. The topological polar surface area (TPSA) is 129 Å². The molecule has 136 valence electrons. The first kappa shape index (κ1) is 19.1. The van der Waals surface area contributed by atoms with Crippen LogP contribution in [-0.2, 0) is 22.6 Å². The molecule has 8 nitrogen and oxygen atoms in total. The van der Waals surface area contributed by atoms with Gasteiger partial charge < -0.3 is 20.8 Å². The van der Waals surface area contributed by atoms with Crippen molar-refractivity contribution in [1.29, 1.82) is 0 Å². The summed E-state index contributed by atoms with van der Waals surface area (Å²) >= 11 is 0. The predicted octanol–water partition coefficient (Wildman–Crippen LogP) is 0.681. The number of carbonyl (C=O) groups is 3. The molecule has 0 saturated heterocycles. The highest BCUT2D eigenvalue weighted by Gasteiger charge is 2.20. The van der Waals surface area contributed by atoms with Crippen molar-refractivity contribution in [3.8, 4) is 0 Å². The van der Waals surface area contributed by atoms with Crippen molar-refractivity contribution in [3.05, 3.63) is 65.5 Å². The molecule has 8 heteroatoms. The third kappa shape index (κ3) is 5.99. The van der Waals surface area contributed by atoms with Crippen molar-refractivity contribution in [3.63, 3.8) is 0 Å². The number of carboxylic acids is 2. The van der Waals surface area contributed by atoms with Gasteiger partial charge in [0.05, 0.1) is 6.54 Å². The summed E-state index contributed by atoms with van der Waals surface area (Å²) < 4.78 is 0. The average Bonchev–Trinajstić information content (AvgIpc) is 2.62. The minimum atomic E-state index is -1.11. The van der Waals surface area contributed by atoms with Crippen LogP contribution in [0.25, 0.3) is 0 Å². The van der Waals surface area contributed by atoms with Crippen molar-refractivity contribution in [2.45, 2.75) is 19.0 Å². The maximum atomic E-state index is 12.0. The van der Waals surface area contributed by atoms with Crippen molar-refractivity contribution >= 4 is 17.8 Å². The average molecular weight is 357 g/mol. The Kier molecular flexibility index (Phi) is 6.81. The summed E-state index contributed by atoms with van der Waals surface area (Å²) in [6.07, 6.45) is 1.60. The molecular formula is C18H19N3O5. The molecule has 0 spiro atoms. The molecule has 1 amide bonds. The molecule has 0 aliphatic rings. The second-order valence-corrected chi connectivity index (χ2v) is 5.61. The van der Waals surface area contributed by atoms with E-state index in [0.29, 0.717) is 12.1 Å². The molecule has 2 aromatic rings. The van der Waals surface area contributed by atoms with Gasteiger partial charge in [-0.25, -0.2) is 14.6 Å². The summed E-state index contributed by atoms with van der Waals surface area (Å²) in [5.41, 5.74) is 1.47. The number of nitrogens with zero attached hydrogens (tertiary/aromatic N) is 1. The van der Waals surface area contributed by atoms with Crippen LogP contribution in [0.1, 0.15) is 21.6 Å². The molecule has 0 radical (unpaired) electrons. The van der Waals surface area contributed by atoms with Gasteiger partial charge in [0.25, 0.3) is 0 Å². The molecule has 0 fully saturated rings. The van der Waals surface area contributed by atoms with E-state index in [1.54, 1.807) is 30.3 Å². The summed E-state index contributed by atoms with van der Waals surface area (Å²) in [4.78, 5) is 37.8. The van der Waals surface area contributed by atoms with Gasteiger partial charge in [0.15, 0.2) is 0 Å². The molecule has 1 aromatic heterocycles. The largest absolute Gasteiger partial charge is 0.480 e. The van der Waals surface area contributed by atoms with Crippen LogP contribution in [0.5, 0.6) is 0 Å². The summed E-state index contributed by atoms with van der Waals surface area (Å²) in [7, 11) is 0. The van der Waals surface area contributed by atoms with Crippen LogP contribution in [0.3, 0.4) is 0 Å². The fraction of sp³-hybridized carbons (Fsp3) is 0.222. The van der Waals surface area contributed by atoms with Gasteiger partial charge in [0.1, 0.15) is 11.7 Å². The lowest BCUT2D eigenvalue weighted by molar-refractivity contribution is -0.141. The van der Waals surface area contributed by atoms with Crippen LogP contribution in [0.4, 0.5) is 0 Å². The number of hydrogen-bond donors (Lipinski definition) is 4. The highest BCUT2D eigenvalue weighted by atomic mass is 16.4. The Bertz CT molecular complexity index is 762. The Morgan fingerprint density at radius 1 is 1.00 bits per heavy atom. The minimum Gasteiger partial charge on any atom is -0.480 e. The lowest BCUT2D eigenvalue weighted by Crippen LogP contribution is -2.45. The van der Waals surface area contributed by atoms with Gasteiger partial charge in [-0.1, -0.05) is 36.4 Å². The summed E-state index contributed by atoms with van der Waals surface area (Å²) in [6.45, 7) is 0.232. The number of aromatic carboxylic acids is 1. The minimum absolute atomic E-state index is 0.0586. The van der Waals surface area contributed by atoms with E-state index in [4.69, 9.17) is 5.11 Å². The number of aliphatic carboxylic acids is 1. The van der Waals surface area contributed by atoms with Crippen LogP contribution in [0.15, 0.2) is 48.7 Å². The number of carboxylic acid groups (broad SMARTS) is 2. The molecule has 0 aliphatic carbocycles. The Balaban J connectivity index is 1.80. The number of benzene rings is 1. The number of rotatable bonds is 9. The van der Waals surface area contributed by atoms with Gasteiger partial charge in [-0.3, -0.25) is 4.79 Å². The maximum absolute atomic E-state index is 12.0. The lowest BCUT2D eigenvalue weighted by atomic mass is 10.1. The zero-order valence-corrected chi connectivity index (χ0v) is 13.9. The van der Waals surface area contributed by atoms with E-state index in [1.165, 1.54) is 12.3 Å². The van der Waals surface area contributed by atoms with Gasteiger partial charge >= 0.3 is 11.9 Å². The van der Waals surface area contributed by atoms with E-state index in [-0.39, 0.29) is 18.7 Å². The zero-order chi connectivity index (χ0) is 18.9. The van der Waals surface area contributed by atoms with Gasteiger partial charge in [-0.05, 0) is 17.2 Å². The van der Waals surface area contributed by atoms with Crippen LogP contribution in [-0.4, -0.2) is 45.6 Å². The van der Waals surface area contributed by atoms with Crippen LogP contribution in [0.2, 0.25) is 0 Å². The lowest BCUT2D eigenvalue weighted by Gasteiger charge is -2.15. The van der Waals surface area contributed by atoms with Crippen molar-refractivity contribution in [2.24, 2.45) is 0 Å². The SMILES string of the molecule is O=C(CNCc1ccc(C(=O)O)nc1)N[C@@H](Cc1ccccc1)C(=O)O. The number of nitrogens with one attached hydrogen (secondary N) is 2. The summed E-state index contributed by atoms with van der Waals surface area (Å²) in [5.74, 6) is -2.65. The third-order valence-electron chi connectivity index (χ3n) is 3.57. The molecular weight excluding hydrogens is 338 g/mol. The second-order valence-electron chi connectivity index (χ2n) is 5.61. The van der Waals surface area contributed by atoms with E-state index in [9.17, 15) is 19.5 Å². The molecule has 1 aromatic carbocycles. The Morgan fingerprint density at radius 3 is 2.31 bits per heavy atom. The number of hydrogen-bond acceptors (Lipinski definition) is 5. The molecule has 0 unspecified atom stereocenters. The first-order valence-corrected chi connectivity index (χ1v) is 7.90. The summed E-state index contributed by atoms with van der Waals surface area (Å²) in [5, 5.41) is 23.4. The number of aromatic nitrogens is 1. The van der Waals surface area contributed by atoms with Gasteiger partial charge in [0, 0.05) is 19.2 Å². The van der Waals surface area contributed by atoms with Gasteiger partial charge in [0.2, 0.25) is 5.91 Å². The molecule has 4 N–H and O–H groups in total.